The van der Waals surface area contributed by atoms with Crippen LogP contribution in [0.1, 0.15) is 21.1 Å². The number of aryl methyl sites for hydroxylation is 1. The summed E-state index contributed by atoms with van der Waals surface area (Å²) in [6, 6.07) is 10.6. The minimum atomic E-state index is -0.228. The lowest BCUT2D eigenvalue weighted by Crippen LogP contribution is -2.42. The molecule has 32 heavy (non-hydrogen) atoms. The molecular weight excluding hydrogens is 428 g/mol. The first-order valence-corrected chi connectivity index (χ1v) is 11.2. The summed E-state index contributed by atoms with van der Waals surface area (Å²) in [6.07, 6.45) is 1.79. The zero-order chi connectivity index (χ0) is 22.5. The molecule has 3 aromatic rings. The summed E-state index contributed by atoms with van der Waals surface area (Å²) in [4.78, 5) is 38.0. The Morgan fingerprint density at radius 1 is 1.12 bits per heavy atom. The normalized spacial score (nSPS) is 14.8. The number of likely N-dealkylation sites (N-methyl/N-ethyl adjacent to an activating group) is 1. The SMILES string of the molecule is Cc1nc(CC(=O)N2CCOc3ccccc3Oc3ncccc3C(=O)N(C)CC2)cs1. The van der Waals surface area contributed by atoms with Crippen LogP contribution < -0.4 is 9.47 Å². The van der Waals surface area contributed by atoms with Crippen LogP contribution in [0.5, 0.6) is 17.4 Å². The molecule has 3 heterocycles. The first-order chi connectivity index (χ1) is 15.5. The van der Waals surface area contributed by atoms with Crippen molar-refractivity contribution < 1.29 is 19.1 Å². The lowest BCUT2D eigenvalue weighted by molar-refractivity contribution is -0.131. The first-order valence-electron chi connectivity index (χ1n) is 10.3. The Kier molecular flexibility index (Phi) is 6.65. The van der Waals surface area contributed by atoms with Gasteiger partial charge in [-0.25, -0.2) is 9.97 Å². The fourth-order valence-electron chi connectivity index (χ4n) is 3.35. The van der Waals surface area contributed by atoms with Gasteiger partial charge in [0.15, 0.2) is 11.5 Å². The van der Waals surface area contributed by atoms with Crippen LogP contribution in [-0.4, -0.2) is 64.9 Å². The topological polar surface area (TPSA) is 84.9 Å². The second-order valence-corrected chi connectivity index (χ2v) is 8.46. The van der Waals surface area contributed by atoms with Crippen molar-refractivity contribution in [1.82, 2.24) is 19.8 Å². The van der Waals surface area contributed by atoms with Crippen molar-refractivity contribution in [3.8, 4) is 17.4 Å². The molecule has 1 aliphatic heterocycles. The standard InChI is InChI=1S/C23H24N4O4S/c1-16-25-17(15-32-16)14-21(28)27-11-10-26(2)23(29)18-6-5-9-24-22(18)31-20-8-4-3-7-19(20)30-13-12-27/h3-9,15H,10-14H2,1-2H3. The van der Waals surface area contributed by atoms with Crippen molar-refractivity contribution >= 4 is 23.2 Å². The number of carbonyl (C=O) groups is 2. The van der Waals surface area contributed by atoms with Crippen LogP contribution >= 0.6 is 11.3 Å². The second kappa shape index (κ2) is 9.78. The van der Waals surface area contributed by atoms with Crippen LogP contribution in [-0.2, 0) is 11.2 Å². The van der Waals surface area contributed by atoms with Crippen LogP contribution in [0.15, 0.2) is 48.0 Å². The first kappa shape index (κ1) is 21.8. The largest absolute Gasteiger partial charge is 0.488 e. The third kappa shape index (κ3) is 5.05. The van der Waals surface area contributed by atoms with Gasteiger partial charge in [0.25, 0.3) is 5.91 Å². The fraction of sp³-hybridized carbons (Fsp3) is 0.304. The number of amides is 2. The molecule has 0 aliphatic carbocycles. The highest BCUT2D eigenvalue weighted by Crippen LogP contribution is 2.32. The van der Waals surface area contributed by atoms with Gasteiger partial charge >= 0.3 is 0 Å². The van der Waals surface area contributed by atoms with Crippen LogP contribution in [0.2, 0.25) is 0 Å². The number of thiazole rings is 1. The maximum atomic E-state index is 13.1. The number of aromatic nitrogens is 2. The van der Waals surface area contributed by atoms with E-state index in [-0.39, 0.29) is 30.7 Å². The van der Waals surface area contributed by atoms with Gasteiger partial charge in [0, 0.05) is 31.7 Å². The van der Waals surface area contributed by atoms with E-state index >= 15 is 0 Å². The number of benzene rings is 1. The Morgan fingerprint density at radius 3 is 2.72 bits per heavy atom. The molecule has 9 heteroatoms. The highest BCUT2D eigenvalue weighted by molar-refractivity contribution is 7.09. The van der Waals surface area contributed by atoms with Crippen LogP contribution in [0.3, 0.4) is 0 Å². The van der Waals surface area contributed by atoms with E-state index in [9.17, 15) is 9.59 Å². The number of ether oxygens (including phenoxy) is 2. The molecule has 2 aromatic heterocycles. The van der Waals surface area contributed by atoms with Crippen molar-refractivity contribution in [2.24, 2.45) is 0 Å². The lowest BCUT2D eigenvalue weighted by atomic mass is 10.2. The maximum absolute atomic E-state index is 13.1. The minimum absolute atomic E-state index is 0.0544. The predicted molar refractivity (Wildman–Crippen MR) is 120 cm³/mol. The van der Waals surface area contributed by atoms with Crippen molar-refractivity contribution in [3.63, 3.8) is 0 Å². The number of para-hydroxylation sites is 2. The van der Waals surface area contributed by atoms with Gasteiger partial charge in [-0.2, -0.15) is 0 Å². The predicted octanol–water partition coefficient (Wildman–Crippen LogP) is 3.17. The monoisotopic (exact) mass is 452 g/mol. The van der Waals surface area contributed by atoms with Gasteiger partial charge in [0.1, 0.15) is 12.2 Å². The Hall–Kier alpha value is -3.46. The quantitative estimate of drug-likeness (QED) is 0.594. The average molecular weight is 453 g/mol. The summed E-state index contributed by atoms with van der Waals surface area (Å²) in [6.45, 7) is 3.32. The van der Waals surface area contributed by atoms with Crippen LogP contribution in [0, 0.1) is 6.92 Å². The summed E-state index contributed by atoms with van der Waals surface area (Å²) < 4.78 is 11.9. The molecule has 166 valence electrons. The molecule has 1 aromatic carbocycles. The van der Waals surface area contributed by atoms with Gasteiger partial charge < -0.3 is 19.3 Å². The lowest BCUT2D eigenvalue weighted by Gasteiger charge is -2.25. The molecule has 0 radical (unpaired) electrons. The zero-order valence-corrected chi connectivity index (χ0v) is 18.8. The van der Waals surface area contributed by atoms with Crippen LogP contribution in [0.25, 0.3) is 0 Å². The van der Waals surface area contributed by atoms with E-state index < -0.39 is 0 Å². The van der Waals surface area contributed by atoms with E-state index in [4.69, 9.17) is 9.47 Å². The summed E-state index contributed by atoms with van der Waals surface area (Å²) in [7, 11) is 1.70. The molecule has 0 saturated carbocycles. The second-order valence-electron chi connectivity index (χ2n) is 7.40. The third-order valence-electron chi connectivity index (χ3n) is 5.08. The van der Waals surface area contributed by atoms with Gasteiger partial charge in [0.05, 0.1) is 23.7 Å². The third-order valence-corrected chi connectivity index (χ3v) is 5.90. The molecule has 0 bridgehead atoms. The Labute approximate surface area is 190 Å². The molecule has 0 unspecified atom stereocenters. The van der Waals surface area contributed by atoms with Gasteiger partial charge in [-0.05, 0) is 31.2 Å². The molecule has 0 fully saturated rings. The zero-order valence-electron chi connectivity index (χ0n) is 18.0. The molecule has 0 saturated heterocycles. The summed E-state index contributed by atoms with van der Waals surface area (Å²) in [5, 5.41) is 2.83. The van der Waals surface area contributed by atoms with E-state index in [1.807, 2.05) is 24.4 Å². The molecule has 0 atom stereocenters. The summed E-state index contributed by atoms with van der Waals surface area (Å²) in [5.74, 6) is 0.908. The highest BCUT2D eigenvalue weighted by Gasteiger charge is 2.22. The number of nitrogens with zero attached hydrogens (tertiary/aromatic N) is 4. The molecule has 0 N–H and O–H groups in total. The minimum Gasteiger partial charge on any atom is -0.488 e. The molecule has 0 spiro atoms. The fourth-order valence-corrected chi connectivity index (χ4v) is 3.97. The van der Waals surface area contributed by atoms with Crippen molar-refractivity contribution in [2.45, 2.75) is 13.3 Å². The molecule has 8 nitrogen and oxygen atoms in total. The Bertz CT molecular complexity index is 1120. The average Bonchev–Trinajstić information content (AvgIpc) is 3.20. The number of fused-ring (bicyclic) bond motifs is 2. The number of rotatable bonds is 2. The number of hydrogen-bond acceptors (Lipinski definition) is 7. The van der Waals surface area contributed by atoms with Crippen molar-refractivity contribution in [2.75, 3.05) is 33.3 Å². The molecule has 4 rings (SSSR count). The Morgan fingerprint density at radius 2 is 1.94 bits per heavy atom. The van der Waals surface area contributed by atoms with Crippen LogP contribution in [0.4, 0.5) is 0 Å². The van der Waals surface area contributed by atoms with Gasteiger partial charge in [-0.1, -0.05) is 12.1 Å². The van der Waals surface area contributed by atoms with Crippen molar-refractivity contribution in [1.29, 1.82) is 0 Å². The van der Waals surface area contributed by atoms with Gasteiger partial charge in [-0.3, -0.25) is 9.59 Å². The maximum Gasteiger partial charge on any atom is 0.259 e. The summed E-state index contributed by atoms with van der Waals surface area (Å²) in [5.41, 5.74) is 1.10. The van der Waals surface area contributed by atoms with Gasteiger partial charge in [-0.15, -0.1) is 11.3 Å². The Balaban J connectivity index is 1.60. The van der Waals surface area contributed by atoms with Crippen molar-refractivity contribution in [3.05, 3.63) is 64.2 Å². The molecule has 1 aliphatic rings. The van der Waals surface area contributed by atoms with E-state index in [1.165, 1.54) is 11.3 Å². The van der Waals surface area contributed by atoms with E-state index in [1.54, 1.807) is 47.3 Å². The highest BCUT2D eigenvalue weighted by atomic mass is 32.1. The van der Waals surface area contributed by atoms with E-state index in [0.29, 0.717) is 36.7 Å². The molecular formula is C23H24N4O4S. The smallest absolute Gasteiger partial charge is 0.259 e. The number of pyridine rings is 1. The number of carbonyl (C=O) groups excluding carboxylic acids is 2. The number of hydrogen-bond donors (Lipinski definition) is 0. The van der Waals surface area contributed by atoms with E-state index in [0.717, 1.165) is 10.7 Å². The molecule has 2 amide bonds. The summed E-state index contributed by atoms with van der Waals surface area (Å²) >= 11 is 1.52. The van der Waals surface area contributed by atoms with E-state index in [2.05, 4.69) is 9.97 Å². The van der Waals surface area contributed by atoms with Gasteiger partial charge in [0.2, 0.25) is 11.8 Å².